The molecule has 2 heterocycles. The highest BCUT2D eigenvalue weighted by Gasteiger charge is 2.16. The number of hydrogen-bond donors (Lipinski definition) is 1. The van der Waals surface area contributed by atoms with Gasteiger partial charge >= 0.3 is 0 Å². The summed E-state index contributed by atoms with van der Waals surface area (Å²) in [5.41, 5.74) is 2.16. The van der Waals surface area contributed by atoms with E-state index >= 15 is 0 Å². The number of hydrogen-bond acceptors (Lipinski definition) is 5. The van der Waals surface area contributed by atoms with Crippen LogP contribution < -0.4 is 14.8 Å². The van der Waals surface area contributed by atoms with E-state index in [1.807, 2.05) is 24.3 Å². The molecule has 0 aliphatic carbocycles. The average molecular weight is 392 g/mol. The van der Waals surface area contributed by atoms with Crippen molar-refractivity contribution in [1.29, 1.82) is 0 Å². The molecule has 1 aliphatic rings. The molecule has 7 heteroatoms. The maximum Gasteiger partial charge on any atom is 0.255 e. The van der Waals surface area contributed by atoms with E-state index in [0.29, 0.717) is 22.7 Å². The van der Waals surface area contributed by atoms with Crippen molar-refractivity contribution in [3.05, 3.63) is 53.9 Å². The zero-order valence-corrected chi connectivity index (χ0v) is 16.6. The van der Waals surface area contributed by atoms with Crippen LogP contribution in [0, 0.1) is 0 Å². The van der Waals surface area contributed by atoms with Gasteiger partial charge in [0.05, 0.1) is 14.2 Å². The fraction of sp³-hybridized carbons (Fsp3) is 0.318. The zero-order chi connectivity index (χ0) is 20.2. The predicted molar refractivity (Wildman–Crippen MR) is 111 cm³/mol. The predicted octanol–water partition coefficient (Wildman–Crippen LogP) is 3.94. The standard InChI is InChI=1S/C22H24N4O3/c1-28-18-12-16(13-19(14-18)29-2)22(27)23-17-9-7-15(8-10-17)21-25-24-20-6-4-3-5-11-26(20)21/h7-10,12-14H,3-6,11H2,1-2H3,(H,23,27). The van der Waals surface area contributed by atoms with Crippen LogP contribution in [0.25, 0.3) is 11.4 Å². The maximum atomic E-state index is 12.6. The van der Waals surface area contributed by atoms with Crippen LogP contribution in [0.15, 0.2) is 42.5 Å². The third kappa shape index (κ3) is 4.08. The van der Waals surface area contributed by atoms with Crippen LogP contribution in [-0.2, 0) is 13.0 Å². The Morgan fingerprint density at radius 2 is 1.69 bits per heavy atom. The van der Waals surface area contributed by atoms with Crippen molar-refractivity contribution in [3.8, 4) is 22.9 Å². The number of methoxy groups -OCH3 is 2. The van der Waals surface area contributed by atoms with Gasteiger partial charge in [-0.3, -0.25) is 4.79 Å². The van der Waals surface area contributed by atoms with Crippen LogP contribution in [0.5, 0.6) is 11.5 Å². The summed E-state index contributed by atoms with van der Waals surface area (Å²) in [5.74, 6) is 2.85. The Balaban J connectivity index is 1.52. The summed E-state index contributed by atoms with van der Waals surface area (Å²) in [6, 6.07) is 12.8. The first kappa shape index (κ1) is 19.0. The smallest absolute Gasteiger partial charge is 0.255 e. The Morgan fingerprint density at radius 1 is 0.966 bits per heavy atom. The second-order valence-corrected chi connectivity index (χ2v) is 7.03. The van der Waals surface area contributed by atoms with Crippen molar-refractivity contribution in [1.82, 2.24) is 14.8 Å². The fourth-order valence-electron chi connectivity index (χ4n) is 3.54. The minimum Gasteiger partial charge on any atom is -0.497 e. The van der Waals surface area contributed by atoms with Gasteiger partial charge in [-0.05, 0) is 49.2 Å². The van der Waals surface area contributed by atoms with E-state index in [1.54, 1.807) is 32.4 Å². The Bertz CT molecular complexity index is 989. The molecule has 7 nitrogen and oxygen atoms in total. The second-order valence-electron chi connectivity index (χ2n) is 7.03. The van der Waals surface area contributed by atoms with Crippen molar-refractivity contribution in [2.24, 2.45) is 0 Å². The molecular formula is C22H24N4O3. The molecule has 0 fully saturated rings. The summed E-state index contributed by atoms with van der Waals surface area (Å²) in [7, 11) is 3.11. The third-order valence-electron chi connectivity index (χ3n) is 5.12. The molecule has 1 amide bonds. The highest BCUT2D eigenvalue weighted by molar-refractivity contribution is 6.04. The number of anilines is 1. The van der Waals surface area contributed by atoms with Crippen LogP contribution >= 0.6 is 0 Å². The van der Waals surface area contributed by atoms with Gasteiger partial charge in [-0.25, -0.2) is 0 Å². The van der Waals surface area contributed by atoms with E-state index in [2.05, 4.69) is 20.1 Å². The number of rotatable bonds is 5. The molecule has 0 bridgehead atoms. The lowest BCUT2D eigenvalue weighted by Crippen LogP contribution is -2.12. The van der Waals surface area contributed by atoms with Crippen LogP contribution in [0.2, 0.25) is 0 Å². The number of fused-ring (bicyclic) bond motifs is 1. The van der Waals surface area contributed by atoms with Crippen LogP contribution in [0.3, 0.4) is 0 Å². The molecule has 29 heavy (non-hydrogen) atoms. The Kier molecular flexibility index (Phi) is 5.46. The second kappa shape index (κ2) is 8.34. The first-order chi connectivity index (χ1) is 14.2. The van der Waals surface area contributed by atoms with Crippen molar-refractivity contribution >= 4 is 11.6 Å². The third-order valence-corrected chi connectivity index (χ3v) is 5.12. The molecule has 4 rings (SSSR count). The molecule has 1 aromatic heterocycles. The van der Waals surface area contributed by atoms with Crippen LogP contribution in [-0.4, -0.2) is 34.9 Å². The molecule has 0 radical (unpaired) electrons. The summed E-state index contributed by atoms with van der Waals surface area (Å²) >= 11 is 0. The van der Waals surface area contributed by atoms with Gasteiger partial charge in [0.25, 0.3) is 5.91 Å². The number of carbonyl (C=O) groups excluding carboxylic acids is 1. The van der Waals surface area contributed by atoms with Crippen molar-refractivity contribution in [3.63, 3.8) is 0 Å². The lowest BCUT2D eigenvalue weighted by Gasteiger charge is -2.10. The Hall–Kier alpha value is -3.35. The topological polar surface area (TPSA) is 78.3 Å². The molecule has 1 aliphatic heterocycles. The largest absolute Gasteiger partial charge is 0.497 e. The van der Waals surface area contributed by atoms with Gasteiger partial charge < -0.3 is 19.4 Å². The lowest BCUT2D eigenvalue weighted by molar-refractivity contribution is 0.102. The molecule has 0 spiro atoms. The summed E-state index contributed by atoms with van der Waals surface area (Å²) in [6.45, 7) is 0.952. The van der Waals surface area contributed by atoms with Gasteiger partial charge in [0.1, 0.15) is 17.3 Å². The van der Waals surface area contributed by atoms with Crippen molar-refractivity contribution in [2.45, 2.75) is 32.2 Å². The normalized spacial score (nSPS) is 13.3. The number of benzene rings is 2. The van der Waals surface area contributed by atoms with E-state index in [-0.39, 0.29) is 5.91 Å². The molecule has 0 unspecified atom stereocenters. The van der Waals surface area contributed by atoms with Crippen molar-refractivity contribution < 1.29 is 14.3 Å². The molecule has 2 aromatic carbocycles. The molecule has 0 saturated heterocycles. The summed E-state index contributed by atoms with van der Waals surface area (Å²) in [5, 5.41) is 11.7. The molecular weight excluding hydrogens is 368 g/mol. The van der Waals surface area contributed by atoms with Crippen LogP contribution in [0.4, 0.5) is 5.69 Å². The Labute approximate surface area is 169 Å². The van der Waals surface area contributed by atoms with E-state index in [9.17, 15) is 4.79 Å². The van der Waals surface area contributed by atoms with E-state index in [1.165, 1.54) is 6.42 Å². The SMILES string of the molecule is COc1cc(OC)cc(C(=O)Nc2ccc(-c3nnc4n3CCCCC4)cc2)c1. The first-order valence-electron chi connectivity index (χ1n) is 9.75. The fourth-order valence-corrected chi connectivity index (χ4v) is 3.54. The summed E-state index contributed by atoms with van der Waals surface area (Å²) in [4.78, 5) is 12.6. The summed E-state index contributed by atoms with van der Waals surface area (Å²) < 4.78 is 12.7. The highest BCUT2D eigenvalue weighted by atomic mass is 16.5. The minimum atomic E-state index is -0.230. The monoisotopic (exact) mass is 392 g/mol. The van der Waals surface area contributed by atoms with E-state index < -0.39 is 0 Å². The quantitative estimate of drug-likeness (QED) is 0.712. The van der Waals surface area contributed by atoms with Crippen molar-refractivity contribution in [2.75, 3.05) is 19.5 Å². The number of nitrogens with zero attached hydrogens (tertiary/aromatic N) is 3. The molecule has 3 aromatic rings. The number of carbonyl (C=O) groups is 1. The number of aromatic nitrogens is 3. The number of ether oxygens (including phenoxy) is 2. The number of nitrogens with one attached hydrogen (secondary N) is 1. The number of amides is 1. The highest BCUT2D eigenvalue weighted by Crippen LogP contribution is 2.25. The molecule has 150 valence electrons. The van der Waals surface area contributed by atoms with Gasteiger partial charge in [-0.2, -0.15) is 0 Å². The maximum absolute atomic E-state index is 12.6. The average Bonchev–Trinajstić information content (AvgIpc) is 3.01. The van der Waals surface area contributed by atoms with E-state index in [0.717, 1.165) is 43.0 Å². The van der Waals surface area contributed by atoms with E-state index in [4.69, 9.17) is 9.47 Å². The lowest BCUT2D eigenvalue weighted by atomic mass is 10.1. The molecule has 0 saturated carbocycles. The zero-order valence-electron chi connectivity index (χ0n) is 16.6. The minimum absolute atomic E-state index is 0.230. The Morgan fingerprint density at radius 3 is 2.38 bits per heavy atom. The molecule has 1 N–H and O–H groups in total. The summed E-state index contributed by atoms with van der Waals surface area (Å²) in [6.07, 6.45) is 4.52. The first-order valence-corrected chi connectivity index (χ1v) is 9.75. The van der Waals surface area contributed by atoms with Gasteiger partial charge in [-0.1, -0.05) is 6.42 Å². The van der Waals surface area contributed by atoms with Gasteiger partial charge in [0.2, 0.25) is 0 Å². The number of aryl methyl sites for hydroxylation is 1. The van der Waals surface area contributed by atoms with Gasteiger partial charge in [0.15, 0.2) is 5.82 Å². The molecule has 0 atom stereocenters. The van der Waals surface area contributed by atoms with Gasteiger partial charge in [-0.15, -0.1) is 10.2 Å². The van der Waals surface area contributed by atoms with Crippen LogP contribution in [0.1, 0.15) is 35.4 Å². The van der Waals surface area contributed by atoms with Gasteiger partial charge in [0, 0.05) is 35.8 Å².